The second-order valence-corrected chi connectivity index (χ2v) is 6.84. The van der Waals surface area contributed by atoms with Gasteiger partial charge in [0.05, 0.1) is 13.3 Å². The maximum atomic E-state index is 4.30. The average Bonchev–Trinajstić information content (AvgIpc) is 2.47. The van der Waals surface area contributed by atoms with Gasteiger partial charge in [0.25, 0.3) is 6.34 Å². The van der Waals surface area contributed by atoms with Crippen LogP contribution >= 0.6 is 0 Å². The van der Waals surface area contributed by atoms with Crippen LogP contribution in [-0.4, -0.2) is 30.7 Å². The SMILES string of the molecule is CC/N=C\[N+](C)=C\c1cc(C(C)(C)C)c2ccccc2c1C. The van der Waals surface area contributed by atoms with E-state index >= 15 is 0 Å². The van der Waals surface area contributed by atoms with Crippen LogP contribution in [0.25, 0.3) is 10.8 Å². The molecule has 22 heavy (non-hydrogen) atoms. The van der Waals surface area contributed by atoms with E-state index in [1.807, 2.05) is 24.9 Å². The van der Waals surface area contributed by atoms with Crippen molar-refractivity contribution in [1.82, 2.24) is 0 Å². The molecule has 0 heterocycles. The highest BCUT2D eigenvalue weighted by atomic mass is 15.0. The summed E-state index contributed by atoms with van der Waals surface area (Å²) in [6, 6.07) is 11.0. The average molecular weight is 295 g/mol. The van der Waals surface area contributed by atoms with E-state index in [1.54, 1.807) is 0 Å². The number of aryl methyl sites for hydroxylation is 1. The summed E-state index contributed by atoms with van der Waals surface area (Å²) in [7, 11) is 2.03. The van der Waals surface area contributed by atoms with E-state index in [-0.39, 0.29) is 5.41 Å². The minimum Gasteiger partial charge on any atom is -0.240 e. The van der Waals surface area contributed by atoms with Crippen LogP contribution in [-0.2, 0) is 5.41 Å². The Kier molecular flexibility index (Phi) is 4.80. The first-order chi connectivity index (χ1) is 10.3. The van der Waals surface area contributed by atoms with Crippen molar-refractivity contribution in [3.63, 3.8) is 0 Å². The minimum atomic E-state index is 0.117. The van der Waals surface area contributed by atoms with Crippen LogP contribution in [0.15, 0.2) is 35.3 Å². The zero-order valence-electron chi connectivity index (χ0n) is 14.6. The Labute approximate surface area is 134 Å². The number of nitrogens with zero attached hydrogens (tertiary/aromatic N) is 2. The van der Waals surface area contributed by atoms with Gasteiger partial charge in [-0.05, 0) is 47.2 Å². The molecule has 0 bridgehead atoms. The van der Waals surface area contributed by atoms with Crippen molar-refractivity contribution in [2.24, 2.45) is 4.99 Å². The summed E-state index contributed by atoms with van der Waals surface area (Å²) < 4.78 is 2.03. The molecule has 0 fully saturated rings. The fourth-order valence-electron chi connectivity index (χ4n) is 2.76. The van der Waals surface area contributed by atoms with E-state index in [9.17, 15) is 0 Å². The molecule has 2 aromatic carbocycles. The van der Waals surface area contributed by atoms with Gasteiger partial charge in [-0.25, -0.2) is 4.58 Å². The summed E-state index contributed by atoms with van der Waals surface area (Å²) in [5.74, 6) is 0. The zero-order chi connectivity index (χ0) is 16.3. The van der Waals surface area contributed by atoms with Gasteiger partial charge in [-0.1, -0.05) is 50.0 Å². The summed E-state index contributed by atoms with van der Waals surface area (Å²) >= 11 is 0. The first kappa shape index (κ1) is 16.4. The monoisotopic (exact) mass is 295 g/mol. The Morgan fingerprint density at radius 1 is 1.14 bits per heavy atom. The molecule has 0 aromatic heterocycles. The van der Waals surface area contributed by atoms with Crippen LogP contribution in [0.5, 0.6) is 0 Å². The lowest BCUT2D eigenvalue weighted by molar-refractivity contribution is -0.354. The summed E-state index contributed by atoms with van der Waals surface area (Å²) in [5, 5.41) is 2.69. The topological polar surface area (TPSA) is 15.4 Å². The van der Waals surface area contributed by atoms with Crippen LogP contribution in [0, 0.1) is 6.92 Å². The van der Waals surface area contributed by atoms with Gasteiger partial charge in [-0.15, -0.1) is 0 Å². The third-order valence-electron chi connectivity index (χ3n) is 3.95. The van der Waals surface area contributed by atoms with Gasteiger partial charge in [0, 0.05) is 5.56 Å². The fraction of sp³-hybridized carbons (Fsp3) is 0.400. The second kappa shape index (κ2) is 6.43. The largest absolute Gasteiger partial charge is 0.279 e. The standard InChI is InChI=1S/C20H27N2/c1-7-21-14-22(6)13-16-12-19(20(3,4)5)18-11-9-8-10-17(18)15(16)2/h8-14H,7H2,1-6H3/q+1/b21-14-,22-13+. The lowest BCUT2D eigenvalue weighted by Gasteiger charge is -2.23. The predicted octanol–water partition coefficient (Wildman–Crippen LogP) is 4.56. The third-order valence-corrected chi connectivity index (χ3v) is 3.95. The van der Waals surface area contributed by atoms with E-state index < -0.39 is 0 Å². The smallest absolute Gasteiger partial charge is 0.240 e. The molecule has 2 aromatic rings. The van der Waals surface area contributed by atoms with Crippen molar-refractivity contribution in [3.8, 4) is 0 Å². The summed E-state index contributed by atoms with van der Waals surface area (Å²) in [4.78, 5) is 4.30. The first-order valence-electron chi connectivity index (χ1n) is 7.94. The van der Waals surface area contributed by atoms with Crippen molar-refractivity contribution in [1.29, 1.82) is 0 Å². The molecule has 0 N–H and O–H groups in total. The Morgan fingerprint density at radius 2 is 1.77 bits per heavy atom. The maximum Gasteiger partial charge on any atom is 0.279 e. The molecule has 0 saturated carbocycles. The number of rotatable bonds is 3. The maximum absolute atomic E-state index is 4.30. The molecular formula is C20H27N2+. The van der Waals surface area contributed by atoms with E-state index in [0.717, 1.165) is 6.54 Å². The quantitative estimate of drug-likeness (QED) is 0.448. The van der Waals surface area contributed by atoms with Gasteiger partial charge in [0.1, 0.15) is 6.54 Å². The Morgan fingerprint density at radius 3 is 2.36 bits per heavy atom. The lowest BCUT2D eigenvalue weighted by atomic mass is 9.81. The normalized spacial score (nSPS) is 13.3. The summed E-state index contributed by atoms with van der Waals surface area (Å²) in [6.45, 7) is 11.9. The number of hydrogen-bond donors (Lipinski definition) is 0. The molecule has 0 aliphatic heterocycles. The van der Waals surface area contributed by atoms with E-state index in [0.29, 0.717) is 0 Å². The molecular weight excluding hydrogens is 268 g/mol. The Hall–Kier alpha value is -1.96. The molecule has 0 aliphatic rings. The van der Waals surface area contributed by atoms with Gasteiger partial charge < -0.3 is 0 Å². The van der Waals surface area contributed by atoms with Crippen LogP contribution in [0.3, 0.4) is 0 Å². The molecule has 0 atom stereocenters. The van der Waals surface area contributed by atoms with Gasteiger partial charge in [-0.2, -0.15) is 0 Å². The van der Waals surface area contributed by atoms with Gasteiger partial charge in [-0.3, -0.25) is 0 Å². The highest BCUT2D eigenvalue weighted by Gasteiger charge is 2.19. The van der Waals surface area contributed by atoms with Crippen molar-refractivity contribution >= 4 is 23.3 Å². The third kappa shape index (κ3) is 3.44. The van der Waals surface area contributed by atoms with Gasteiger partial charge >= 0.3 is 0 Å². The molecule has 2 rings (SSSR count). The molecule has 0 spiro atoms. The molecule has 0 unspecified atom stereocenters. The Balaban J connectivity index is 2.71. The van der Waals surface area contributed by atoms with Crippen molar-refractivity contribution < 1.29 is 4.58 Å². The van der Waals surface area contributed by atoms with E-state index in [2.05, 4.69) is 69.2 Å². The molecule has 0 aliphatic carbocycles. The predicted molar refractivity (Wildman–Crippen MR) is 97.8 cm³/mol. The molecule has 2 nitrogen and oxygen atoms in total. The highest BCUT2D eigenvalue weighted by Crippen LogP contribution is 2.33. The molecule has 0 amide bonds. The fourth-order valence-corrected chi connectivity index (χ4v) is 2.76. The molecule has 0 saturated heterocycles. The minimum absolute atomic E-state index is 0.117. The number of fused-ring (bicyclic) bond motifs is 1. The number of aliphatic imine (C=N–C) groups is 1. The van der Waals surface area contributed by atoms with Gasteiger partial charge in [0.15, 0.2) is 0 Å². The Bertz CT molecular complexity index is 731. The lowest BCUT2D eigenvalue weighted by Crippen LogP contribution is -2.14. The first-order valence-corrected chi connectivity index (χ1v) is 7.94. The molecule has 2 heteroatoms. The molecule has 116 valence electrons. The number of benzene rings is 2. The van der Waals surface area contributed by atoms with Crippen LogP contribution < -0.4 is 0 Å². The molecule has 0 radical (unpaired) electrons. The van der Waals surface area contributed by atoms with Crippen molar-refractivity contribution in [3.05, 3.63) is 47.0 Å². The van der Waals surface area contributed by atoms with E-state index in [1.165, 1.54) is 27.5 Å². The van der Waals surface area contributed by atoms with Crippen LogP contribution in [0.2, 0.25) is 0 Å². The second-order valence-electron chi connectivity index (χ2n) is 6.84. The number of hydrogen-bond acceptors (Lipinski definition) is 1. The summed E-state index contributed by atoms with van der Waals surface area (Å²) in [6.07, 6.45) is 4.04. The zero-order valence-corrected chi connectivity index (χ0v) is 14.6. The van der Waals surface area contributed by atoms with Crippen molar-refractivity contribution in [2.45, 2.75) is 40.0 Å². The van der Waals surface area contributed by atoms with Crippen LogP contribution in [0.4, 0.5) is 0 Å². The highest BCUT2D eigenvalue weighted by molar-refractivity contribution is 5.96. The van der Waals surface area contributed by atoms with E-state index in [4.69, 9.17) is 0 Å². The van der Waals surface area contributed by atoms with Crippen LogP contribution in [0.1, 0.15) is 44.4 Å². The van der Waals surface area contributed by atoms with Gasteiger partial charge in [0.2, 0.25) is 0 Å². The summed E-state index contributed by atoms with van der Waals surface area (Å²) in [5.41, 5.74) is 4.08. The van der Waals surface area contributed by atoms with Crippen molar-refractivity contribution in [2.75, 3.05) is 13.6 Å².